The second kappa shape index (κ2) is 9.56. The van der Waals surface area contributed by atoms with Crippen molar-refractivity contribution in [2.45, 2.75) is 32.2 Å². The summed E-state index contributed by atoms with van der Waals surface area (Å²) in [6.07, 6.45) is -0.0908. The van der Waals surface area contributed by atoms with Crippen LogP contribution in [0.5, 0.6) is 0 Å². The first-order valence-electron chi connectivity index (χ1n) is 10.6. The van der Waals surface area contributed by atoms with Crippen LogP contribution in [0.4, 0.5) is 13.2 Å². The third-order valence-electron chi connectivity index (χ3n) is 5.73. The Labute approximate surface area is 184 Å². The van der Waals surface area contributed by atoms with Crippen molar-refractivity contribution in [3.8, 4) is 0 Å². The fourth-order valence-corrected chi connectivity index (χ4v) is 4.01. The molecule has 0 aliphatic carbocycles. The molecule has 1 saturated heterocycles. The van der Waals surface area contributed by atoms with Crippen molar-refractivity contribution in [3.05, 3.63) is 89.5 Å². The first kappa shape index (κ1) is 22.1. The Kier molecular flexibility index (Phi) is 6.60. The number of carbonyl (C=O) groups is 1. The molecule has 1 N–H and O–H groups in total. The van der Waals surface area contributed by atoms with Crippen molar-refractivity contribution in [1.82, 2.24) is 19.8 Å². The molecule has 4 rings (SSSR count). The molecular formula is C24H25F3N4O. The highest BCUT2D eigenvalue weighted by Gasteiger charge is 2.33. The van der Waals surface area contributed by atoms with Gasteiger partial charge in [-0.1, -0.05) is 42.5 Å². The summed E-state index contributed by atoms with van der Waals surface area (Å²) >= 11 is 0. The number of carbonyl (C=O) groups excluding carboxylic acids is 1. The minimum atomic E-state index is -4.38. The fourth-order valence-electron chi connectivity index (χ4n) is 4.01. The van der Waals surface area contributed by atoms with Crippen molar-refractivity contribution in [1.29, 1.82) is 0 Å². The van der Waals surface area contributed by atoms with Crippen LogP contribution in [-0.2, 0) is 30.6 Å². The van der Waals surface area contributed by atoms with E-state index < -0.39 is 11.7 Å². The number of rotatable bonds is 8. The number of imidazole rings is 1. The molecule has 5 nitrogen and oxygen atoms in total. The van der Waals surface area contributed by atoms with Crippen LogP contribution in [-0.4, -0.2) is 33.4 Å². The molecule has 2 aromatic carbocycles. The Hall–Kier alpha value is -3.13. The summed E-state index contributed by atoms with van der Waals surface area (Å²) in [5, 5.41) is 3.34. The molecule has 2 heterocycles. The number of hydrogen-bond acceptors (Lipinski definition) is 3. The smallest absolute Gasteiger partial charge is 0.338 e. The number of aromatic nitrogens is 2. The molecular weight excluding hydrogens is 417 g/mol. The van der Waals surface area contributed by atoms with Gasteiger partial charge in [0.15, 0.2) is 0 Å². The molecule has 1 aliphatic heterocycles. The molecule has 0 spiro atoms. The Morgan fingerprint density at radius 1 is 1.03 bits per heavy atom. The van der Waals surface area contributed by atoms with E-state index in [-0.39, 0.29) is 18.4 Å². The number of hydrogen-bond donors (Lipinski definition) is 1. The van der Waals surface area contributed by atoms with Crippen molar-refractivity contribution in [2.75, 3.05) is 13.1 Å². The molecule has 1 amide bonds. The summed E-state index contributed by atoms with van der Waals surface area (Å²) in [6.45, 7) is 2.58. The second-order valence-electron chi connectivity index (χ2n) is 8.07. The van der Waals surface area contributed by atoms with E-state index in [1.807, 2.05) is 24.4 Å². The molecule has 1 aliphatic rings. The number of nitrogens with zero attached hydrogens (tertiary/aromatic N) is 3. The lowest BCUT2D eigenvalue weighted by Crippen LogP contribution is -2.32. The maximum atomic E-state index is 12.9. The molecule has 168 valence electrons. The number of likely N-dealkylation sites (tertiary alicyclic amines) is 1. The number of nitrogens with one attached hydrogen (secondary N) is 1. The minimum Gasteiger partial charge on any atom is -0.338 e. The third kappa shape index (κ3) is 5.37. The average Bonchev–Trinajstić information content (AvgIpc) is 3.35. The third-order valence-corrected chi connectivity index (χ3v) is 5.73. The van der Waals surface area contributed by atoms with Gasteiger partial charge < -0.3 is 14.8 Å². The van der Waals surface area contributed by atoms with Gasteiger partial charge in [0.25, 0.3) is 0 Å². The van der Waals surface area contributed by atoms with Crippen LogP contribution in [0.2, 0.25) is 0 Å². The monoisotopic (exact) mass is 442 g/mol. The molecule has 32 heavy (non-hydrogen) atoms. The van der Waals surface area contributed by atoms with Gasteiger partial charge in [-0.15, -0.1) is 0 Å². The Bertz CT molecular complexity index is 1050. The average molecular weight is 442 g/mol. The van der Waals surface area contributed by atoms with Crippen molar-refractivity contribution in [3.63, 3.8) is 0 Å². The highest BCUT2D eigenvalue weighted by molar-refractivity contribution is 5.81. The summed E-state index contributed by atoms with van der Waals surface area (Å²) < 4.78 is 40.9. The van der Waals surface area contributed by atoms with E-state index in [9.17, 15) is 18.0 Å². The molecule has 1 atom stereocenters. The fraction of sp³-hybridized carbons (Fsp3) is 0.333. The van der Waals surface area contributed by atoms with Crippen molar-refractivity contribution < 1.29 is 18.0 Å². The molecule has 0 bridgehead atoms. The highest BCUT2D eigenvalue weighted by Crippen LogP contribution is 2.30. The van der Waals surface area contributed by atoms with Gasteiger partial charge >= 0.3 is 6.18 Å². The first-order chi connectivity index (χ1) is 15.4. The second-order valence-corrected chi connectivity index (χ2v) is 8.07. The lowest BCUT2D eigenvalue weighted by Gasteiger charge is -2.18. The summed E-state index contributed by atoms with van der Waals surface area (Å²) in [6, 6.07) is 15.3. The largest absolute Gasteiger partial charge is 0.416 e. The summed E-state index contributed by atoms with van der Waals surface area (Å²) in [7, 11) is 0. The van der Waals surface area contributed by atoms with Gasteiger partial charge in [0.2, 0.25) is 5.91 Å². The van der Waals surface area contributed by atoms with Gasteiger partial charge in [0.05, 0.1) is 23.5 Å². The van der Waals surface area contributed by atoms with E-state index in [1.165, 1.54) is 11.6 Å². The Morgan fingerprint density at radius 3 is 2.59 bits per heavy atom. The van der Waals surface area contributed by atoms with Crippen LogP contribution in [0.3, 0.4) is 0 Å². The summed E-state index contributed by atoms with van der Waals surface area (Å²) in [5.74, 6) is -0.195. The molecule has 3 aromatic rings. The number of halogens is 3. The predicted octanol–water partition coefficient (Wildman–Crippen LogP) is 4.09. The predicted molar refractivity (Wildman–Crippen MR) is 114 cm³/mol. The molecule has 1 aromatic heterocycles. The van der Waals surface area contributed by atoms with E-state index in [4.69, 9.17) is 0 Å². The quantitative estimate of drug-likeness (QED) is 0.572. The van der Waals surface area contributed by atoms with Crippen LogP contribution in [0.1, 0.15) is 28.8 Å². The lowest BCUT2D eigenvalue weighted by atomic mass is 10.1. The van der Waals surface area contributed by atoms with E-state index in [1.54, 1.807) is 17.3 Å². The van der Waals surface area contributed by atoms with E-state index in [0.29, 0.717) is 31.6 Å². The Morgan fingerprint density at radius 2 is 1.81 bits per heavy atom. The molecule has 0 unspecified atom stereocenters. The zero-order valence-electron chi connectivity index (χ0n) is 17.6. The zero-order valence-corrected chi connectivity index (χ0v) is 17.6. The number of benzene rings is 2. The van der Waals surface area contributed by atoms with Crippen LogP contribution in [0, 0.1) is 5.92 Å². The normalized spacial score (nSPS) is 16.7. The van der Waals surface area contributed by atoms with E-state index in [0.717, 1.165) is 24.4 Å². The lowest BCUT2D eigenvalue weighted by molar-refractivity contribution is -0.137. The van der Waals surface area contributed by atoms with Crippen LogP contribution in [0.15, 0.2) is 67.1 Å². The maximum absolute atomic E-state index is 12.9. The van der Waals surface area contributed by atoms with Crippen LogP contribution < -0.4 is 5.32 Å². The van der Waals surface area contributed by atoms with Crippen LogP contribution in [0.25, 0.3) is 0 Å². The van der Waals surface area contributed by atoms with Gasteiger partial charge in [-0.25, -0.2) is 4.98 Å². The van der Waals surface area contributed by atoms with Gasteiger partial charge in [-0.05, 0) is 29.7 Å². The minimum absolute atomic E-state index is 0.0206. The Balaban J connectivity index is 1.28. The van der Waals surface area contributed by atoms with E-state index >= 15 is 0 Å². The van der Waals surface area contributed by atoms with Gasteiger partial charge in [-0.2, -0.15) is 13.2 Å². The highest BCUT2D eigenvalue weighted by atomic mass is 19.4. The SMILES string of the molecule is O=C1[C@@H](CNCc2cncn2Cc2ccccc2)CCN1Cc1cccc(C(F)(F)F)c1. The standard InChI is InChI=1S/C24H25F3N4O/c25-24(26,27)21-8-4-7-19(11-21)16-30-10-9-20(23(30)32)12-28-13-22-14-29-17-31(22)15-18-5-2-1-3-6-18/h1-8,11,14,17,20,28H,9-10,12-13,15-16H2/t20-/m1/s1. The van der Waals surface area contributed by atoms with Crippen LogP contribution >= 0.6 is 0 Å². The summed E-state index contributed by atoms with van der Waals surface area (Å²) in [5.41, 5.74) is 2.02. The topological polar surface area (TPSA) is 50.2 Å². The molecule has 1 fully saturated rings. The zero-order chi connectivity index (χ0) is 22.6. The van der Waals surface area contributed by atoms with Crippen molar-refractivity contribution >= 4 is 5.91 Å². The maximum Gasteiger partial charge on any atom is 0.416 e. The molecule has 0 saturated carbocycles. The van der Waals surface area contributed by atoms with Crippen molar-refractivity contribution in [2.24, 2.45) is 5.92 Å². The van der Waals surface area contributed by atoms with E-state index in [2.05, 4.69) is 27.0 Å². The summed E-state index contributed by atoms with van der Waals surface area (Å²) in [4.78, 5) is 18.6. The van der Waals surface area contributed by atoms with Gasteiger partial charge in [-0.3, -0.25) is 4.79 Å². The molecule has 0 radical (unpaired) electrons. The molecule has 8 heteroatoms. The first-order valence-corrected chi connectivity index (χ1v) is 10.6. The van der Waals surface area contributed by atoms with Gasteiger partial charge in [0, 0.05) is 38.9 Å². The number of amides is 1. The van der Waals surface area contributed by atoms with Gasteiger partial charge in [0.1, 0.15) is 0 Å². The number of alkyl halides is 3.